The molecule has 0 spiro atoms. The minimum absolute atomic E-state index is 0.0182. The molecule has 2 aromatic rings. The Morgan fingerprint density at radius 1 is 1.26 bits per heavy atom. The lowest BCUT2D eigenvalue weighted by molar-refractivity contribution is 0.151. The summed E-state index contributed by atoms with van der Waals surface area (Å²) in [5, 5.41) is 9.00. The zero-order valence-corrected chi connectivity index (χ0v) is 10.1. The average Bonchev–Trinajstić information content (AvgIpc) is 2.38. The average molecular weight is 260 g/mol. The van der Waals surface area contributed by atoms with E-state index in [2.05, 4.69) is 4.98 Å². The van der Waals surface area contributed by atoms with Crippen molar-refractivity contribution in [1.29, 1.82) is 5.26 Å². The number of nitrogens with one attached hydrogen (secondary N) is 1. The molecule has 0 aliphatic heterocycles. The maximum absolute atomic E-state index is 12.5. The van der Waals surface area contributed by atoms with Gasteiger partial charge in [-0.05, 0) is 18.6 Å². The van der Waals surface area contributed by atoms with Crippen LogP contribution in [0.4, 0.5) is 8.78 Å². The quantitative estimate of drug-likeness (QED) is 0.901. The lowest BCUT2D eigenvalue weighted by Gasteiger charge is -2.06. The van der Waals surface area contributed by atoms with Gasteiger partial charge in [-0.1, -0.05) is 24.3 Å². The maximum Gasteiger partial charge on any atom is 0.266 e. The van der Waals surface area contributed by atoms with Gasteiger partial charge in [-0.15, -0.1) is 0 Å². The van der Waals surface area contributed by atoms with Gasteiger partial charge >= 0.3 is 0 Å². The molecule has 0 aliphatic carbocycles. The summed E-state index contributed by atoms with van der Waals surface area (Å²) in [6.07, 6.45) is -2.54. The van der Waals surface area contributed by atoms with Crippen LogP contribution in [-0.4, -0.2) is 4.98 Å². The lowest BCUT2D eigenvalue weighted by atomic mass is 10.00. The molecule has 0 saturated heterocycles. The number of aryl methyl sites for hydroxylation is 1. The molecule has 0 unspecified atom stereocenters. The van der Waals surface area contributed by atoms with Crippen LogP contribution in [0.15, 0.2) is 35.1 Å². The lowest BCUT2D eigenvalue weighted by Crippen LogP contribution is -2.12. The van der Waals surface area contributed by atoms with Crippen molar-refractivity contribution in [2.24, 2.45) is 0 Å². The molecule has 96 valence electrons. The third-order valence-electron chi connectivity index (χ3n) is 2.75. The van der Waals surface area contributed by atoms with Crippen molar-refractivity contribution in [3.63, 3.8) is 0 Å². The Morgan fingerprint density at radius 2 is 1.89 bits per heavy atom. The number of nitriles is 1. The third-order valence-corrected chi connectivity index (χ3v) is 2.75. The van der Waals surface area contributed by atoms with E-state index in [1.54, 1.807) is 13.0 Å². The summed E-state index contributed by atoms with van der Waals surface area (Å²) in [6, 6.07) is 9.03. The van der Waals surface area contributed by atoms with Crippen molar-refractivity contribution in [2.45, 2.75) is 13.3 Å². The second kappa shape index (κ2) is 5.02. The highest BCUT2D eigenvalue weighted by atomic mass is 19.3. The third kappa shape index (κ3) is 2.52. The van der Waals surface area contributed by atoms with Crippen LogP contribution in [-0.2, 0) is 0 Å². The number of benzene rings is 1. The molecule has 1 aromatic carbocycles. The van der Waals surface area contributed by atoms with E-state index in [1.807, 2.05) is 6.07 Å². The Kier molecular flexibility index (Phi) is 3.43. The van der Waals surface area contributed by atoms with Gasteiger partial charge in [0.05, 0.1) is 0 Å². The highest BCUT2D eigenvalue weighted by molar-refractivity contribution is 5.70. The van der Waals surface area contributed by atoms with Gasteiger partial charge in [-0.2, -0.15) is 5.26 Å². The summed E-state index contributed by atoms with van der Waals surface area (Å²) in [5.41, 5.74) is 1.03. The molecule has 0 radical (unpaired) electrons. The number of hydrogen-bond acceptors (Lipinski definition) is 2. The molecular formula is C14H10F2N2O. The Hall–Kier alpha value is -2.48. The first-order valence-electron chi connectivity index (χ1n) is 5.55. The SMILES string of the molecule is Cc1cc(-c2ccc(C(F)F)cc2)c(C#N)c(=O)[nH]1. The molecule has 1 N–H and O–H groups in total. The summed E-state index contributed by atoms with van der Waals surface area (Å²) in [6.45, 7) is 1.69. The number of aromatic nitrogens is 1. The van der Waals surface area contributed by atoms with Crippen molar-refractivity contribution in [1.82, 2.24) is 4.98 Å². The number of pyridine rings is 1. The van der Waals surface area contributed by atoms with Gasteiger partial charge < -0.3 is 4.98 Å². The number of hydrogen-bond donors (Lipinski definition) is 1. The van der Waals surface area contributed by atoms with Crippen molar-refractivity contribution in [3.05, 3.63) is 57.5 Å². The number of aromatic amines is 1. The van der Waals surface area contributed by atoms with Gasteiger partial charge in [0.2, 0.25) is 0 Å². The highest BCUT2D eigenvalue weighted by Gasteiger charge is 2.11. The minimum Gasteiger partial charge on any atom is -0.325 e. The van der Waals surface area contributed by atoms with E-state index < -0.39 is 12.0 Å². The van der Waals surface area contributed by atoms with Gasteiger partial charge in [0.1, 0.15) is 11.6 Å². The zero-order chi connectivity index (χ0) is 14.0. The molecule has 2 rings (SSSR count). The van der Waals surface area contributed by atoms with Crippen molar-refractivity contribution in [3.8, 4) is 17.2 Å². The Bertz CT molecular complexity index is 697. The van der Waals surface area contributed by atoms with E-state index >= 15 is 0 Å². The second-order valence-corrected chi connectivity index (χ2v) is 4.10. The van der Waals surface area contributed by atoms with Gasteiger partial charge in [0.25, 0.3) is 12.0 Å². The molecule has 0 fully saturated rings. The first-order valence-corrected chi connectivity index (χ1v) is 5.55. The molecule has 0 bridgehead atoms. The summed E-state index contributed by atoms with van der Waals surface area (Å²) in [4.78, 5) is 14.2. The molecule has 0 saturated carbocycles. The fourth-order valence-electron chi connectivity index (χ4n) is 1.84. The Labute approximate surface area is 108 Å². The monoisotopic (exact) mass is 260 g/mol. The van der Waals surface area contributed by atoms with E-state index in [4.69, 9.17) is 5.26 Å². The van der Waals surface area contributed by atoms with Crippen LogP contribution in [0.1, 0.15) is 23.2 Å². The van der Waals surface area contributed by atoms with Gasteiger partial charge in [-0.3, -0.25) is 4.79 Å². The number of alkyl halides is 2. The summed E-state index contributed by atoms with van der Waals surface area (Å²) in [5.74, 6) is 0. The topological polar surface area (TPSA) is 56.6 Å². The number of halogens is 2. The molecule has 0 amide bonds. The van der Waals surface area contributed by atoms with E-state index in [9.17, 15) is 13.6 Å². The predicted octanol–water partition coefficient (Wildman–Crippen LogP) is 3.16. The molecule has 1 aromatic heterocycles. The van der Waals surface area contributed by atoms with Crippen LogP contribution in [0.3, 0.4) is 0 Å². The molecule has 5 heteroatoms. The van der Waals surface area contributed by atoms with Crippen LogP contribution in [0, 0.1) is 18.3 Å². The minimum atomic E-state index is -2.54. The molecule has 0 aliphatic rings. The first kappa shape index (κ1) is 13.0. The second-order valence-electron chi connectivity index (χ2n) is 4.10. The van der Waals surface area contributed by atoms with Crippen LogP contribution < -0.4 is 5.56 Å². The van der Waals surface area contributed by atoms with Crippen molar-refractivity contribution < 1.29 is 8.78 Å². The van der Waals surface area contributed by atoms with Crippen LogP contribution in [0.5, 0.6) is 0 Å². The predicted molar refractivity (Wildman–Crippen MR) is 66.9 cm³/mol. The molecular weight excluding hydrogens is 250 g/mol. The smallest absolute Gasteiger partial charge is 0.266 e. The largest absolute Gasteiger partial charge is 0.325 e. The van der Waals surface area contributed by atoms with E-state index in [-0.39, 0.29) is 11.1 Å². The summed E-state index contributed by atoms with van der Waals surface area (Å²) in [7, 11) is 0. The Morgan fingerprint density at radius 3 is 2.42 bits per heavy atom. The van der Waals surface area contributed by atoms with Gasteiger partial charge in [-0.25, -0.2) is 8.78 Å². The van der Waals surface area contributed by atoms with Crippen LogP contribution >= 0.6 is 0 Å². The fourth-order valence-corrected chi connectivity index (χ4v) is 1.84. The van der Waals surface area contributed by atoms with E-state index in [0.29, 0.717) is 16.8 Å². The molecule has 1 heterocycles. The number of H-pyrrole nitrogens is 1. The number of rotatable bonds is 2. The molecule has 3 nitrogen and oxygen atoms in total. The van der Waals surface area contributed by atoms with Gasteiger partial charge in [0.15, 0.2) is 0 Å². The van der Waals surface area contributed by atoms with E-state index in [1.165, 1.54) is 24.3 Å². The normalized spacial score (nSPS) is 10.5. The zero-order valence-electron chi connectivity index (χ0n) is 10.1. The van der Waals surface area contributed by atoms with Crippen molar-refractivity contribution in [2.75, 3.05) is 0 Å². The Balaban J connectivity index is 2.59. The summed E-state index contributed by atoms with van der Waals surface area (Å²) < 4.78 is 24.9. The number of nitrogens with zero attached hydrogens (tertiary/aromatic N) is 1. The summed E-state index contributed by atoms with van der Waals surface area (Å²) >= 11 is 0. The van der Waals surface area contributed by atoms with Crippen LogP contribution in [0.25, 0.3) is 11.1 Å². The van der Waals surface area contributed by atoms with Crippen molar-refractivity contribution >= 4 is 0 Å². The van der Waals surface area contributed by atoms with Crippen LogP contribution in [0.2, 0.25) is 0 Å². The molecule has 0 atom stereocenters. The van der Waals surface area contributed by atoms with E-state index in [0.717, 1.165) is 0 Å². The van der Waals surface area contributed by atoms with Gasteiger partial charge in [0, 0.05) is 16.8 Å². The fraction of sp³-hybridized carbons (Fsp3) is 0.143. The maximum atomic E-state index is 12.5. The first-order chi connectivity index (χ1) is 9.02. The standard InChI is InChI=1S/C14H10F2N2O/c1-8-6-11(12(7-17)14(19)18-8)9-2-4-10(5-3-9)13(15)16/h2-6,13H,1H3,(H,18,19). The molecule has 19 heavy (non-hydrogen) atoms. The highest BCUT2D eigenvalue weighted by Crippen LogP contribution is 2.25.